The molecule has 110 valence electrons. The van der Waals surface area contributed by atoms with Crippen molar-refractivity contribution in [2.75, 3.05) is 6.61 Å². The van der Waals surface area contributed by atoms with Crippen molar-refractivity contribution in [2.24, 2.45) is 0 Å². The second-order valence-corrected chi connectivity index (χ2v) is 5.02. The zero-order valence-electron chi connectivity index (χ0n) is 12.6. The highest BCUT2D eigenvalue weighted by atomic mass is 16.5. The van der Waals surface area contributed by atoms with E-state index in [-0.39, 0.29) is 5.91 Å². The Morgan fingerprint density at radius 2 is 1.86 bits per heavy atom. The van der Waals surface area contributed by atoms with Gasteiger partial charge in [0.2, 0.25) is 5.91 Å². The van der Waals surface area contributed by atoms with Gasteiger partial charge in [-0.3, -0.25) is 4.79 Å². The van der Waals surface area contributed by atoms with E-state index in [4.69, 9.17) is 4.74 Å². The molecule has 1 N–H and O–H groups in total. The number of rotatable bonds is 6. The number of hydrogen-bond acceptors (Lipinski definition) is 2. The lowest BCUT2D eigenvalue weighted by Gasteiger charge is -2.08. The highest BCUT2D eigenvalue weighted by Crippen LogP contribution is 2.13. The Balaban J connectivity index is 1.86. The van der Waals surface area contributed by atoms with Crippen molar-refractivity contribution < 1.29 is 9.53 Å². The zero-order valence-corrected chi connectivity index (χ0v) is 12.6. The molecular formula is C18H21NO2. The fourth-order valence-electron chi connectivity index (χ4n) is 2.07. The predicted molar refractivity (Wildman–Crippen MR) is 84.3 cm³/mol. The highest BCUT2D eigenvalue weighted by molar-refractivity contribution is 5.78. The molecule has 0 saturated heterocycles. The zero-order chi connectivity index (χ0) is 15.1. The van der Waals surface area contributed by atoms with Crippen LogP contribution in [0, 0.1) is 6.92 Å². The van der Waals surface area contributed by atoms with Crippen molar-refractivity contribution >= 4 is 5.91 Å². The number of carbonyl (C=O) groups is 1. The highest BCUT2D eigenvalue weighted by Gasteiger charge is 2.04. The summed E-state index contributed by atoms with van der Waals surface area (Å²) in [5.41, 5.74) is 3.27. The predicted octanol–water partition coefficient (Wildman–Crippen LogP) is 3.25. The lowest BCUT2D eigenvalue weighted by molar-refractivity contribution is -0.120. The summed E-state index contributed by atoms with van der Waals surface area (Å²) >= 11 is 0. The number of benzene rings is 2. The summed E-state index contributed by atoms with van der Waals surface area (Å²) in [7, 11) is 0. The van der Waals surface area contributed by atoms with Crippen molar-refractivity contribution in [1.29, 1.82) is 0 Å². The van der Waals surface area contributed by atoms with E-state index < -0.39 is 0 Å². The maximum absolute atomic E-state index is 11.9. The van der Waals surface area contributed by atoms with E-state index in [0.717, 1.165) is 16.9 Å². The fraction of sp³-hybridized carbons (Fsp3) is 0.278. The third-order valence-corrected chi connectivity index (χ3v) is 3.18. The summed E-state index contributed by atoms with van der Waals surface area (Å²) in [5.74, 6) is 0.864. The summed E-state index contributed by atoms with van der Waals surface area (Å²) in [4.78, 5) is 11.9. The number of nitrogens with one attached hydrogen (secondary N) is 1. The molecule has 0 radical (unpaired) electrons. The topological polar surface area (TPSA) is 38.3 Å². The second-order valence-electron chi connectivity index (χ2n) is 5.02. The van der Waals surface area contributed by atoms with Gasteiger partial charge in [-0.25, -0.2) is 0 Å². The SMILES string of the molecule is CCOc1cccc(CNC(=O)Cc2ccc(C)cc2)c1. The molecule has 0 spiro atoms. The van der Waals surface area contributed by atoms with Crippen LogP contribution in [0.2, 0.25) is 0 Å². The van der Waals surface area contributed by atoms with Crippen LogP contribution in [0.1, 0.15) is 23.6 Å². The van der Waals surface area contributed by atoms with Gasteiger partial charge in [-0.15, -0.1) is 0 Å². The lowest BCUT2D eigenvalue weighted by atomic mass is 10.1. The van der Waals surface area contributed by atoms with E-state index in [1.54, 1.807) is 0 Å². The first-order chi connectivity index (χ1) is 10.2. The molecule has 1 amide bonds. The Bertz CT molecular complexity index is 590. The van der Waals surface area contributed by atoms with Crippen LogP contribution in [-0.2, 0) is 17.8 Å². The summed E-state index contributed by atoms with van der Waals surface area (Å²) in [6, 6.07) is 15.8. The van der Waals surface area contributed by atoms with Gasteiger partial charge in [0.15, 0.2) is 0 Å². The summed E-state index contributed by atoms with van der Waals surface area (Å²) in [6.07, 6.45) is 0.408. The van der Waals surface area contributed by atoms with Crippen LogP contribution in [0.25, 0.3) is 0 Å². The third-order valence-electron chi connectivity index (χ3n) is 3.18. The molecule has 0 unspecified atom stereocenters. The Labute approximate surface area is 126 Å². The molecule has 0 aliphatic rings. The molecule has 0 aliphatic heterocycles. The van der Waals surface area contributed by atoms with E-state index >= 15 is 0 Å². The molecule has 0 aromatic heterocycles. The Morgan fingerprint density at radius 3 is 2.57 bits per heavy atom. The summed E-state index contributed by atoms with van der Waals surface area (Å²) in [5, 5.41) is 2.94. The first-order valence-electron chi connectivity index (χ1n) is 7.21. The van der Waals surface area contributed by atoms with Crippen molar-refractivity contribution in [1.82, 2.24) is 5.32 Å². The maximum atomic E-state index is 11.9. The Kier molecular flexibility index (Phi) is 5.38. The van der Waals surface area contributed by atoms with E-state index in [1.165, 1.54) is 5.56 Å². The van der Waals surface area contributed by atoms with Gasteiger partial charge in [0.25, 0.3) is 0 Å². The molecule has 3 nitrogen and oxygen atoms in total. The van der Waals surface area contributed by atoms with Crippen LogP contribution in [-0.4, -0.2) is 12.5 Å². The lowest BCUT2D eigenvalue weighted by Crippen LogP contribution is -2.24. The Morgan fingerprint density at radius 1 is 1.10 bits per heavy atom. The molecule has 2 aromatic rings. The Hall–Kier alpha value is -2.29. The largest absolute Gasteiger partial charge is 0.494 e. The van der Waals surface area contributed by atoms with Gasteiger partial charge < -0.3 is 10.1 Å². The monoisotopic (exact) mass is 283 g/mol. The molecule has 0 heterocycles. The molecule has 3 heteroatoms. The minimum absolute atomic E-state index is 0.0284. The first-order valence-corrected chi connectivity index (χ1v) is 7.21. The van der Waals surface area contributed by atoms with Gasteiger partial charge in [-0.2, -0.15) is 0 Å². The van der Waals surface area contributed by atoms with Crippen LogP contribution in [0.4, 0.5) is 0 Å². The van der Waals surface area contributed by atoms with Gasteiger partial charge in [0.05, 0.1) is 13.0 Å². The van der Waals surface area contributed by atoms with Crippen LogP contribution in [0.5, 0.6) is 5.75 Å². The first kappa shape index (κ1) is 15.1. The van der Waals surface area contributed by atoms with Crippen molar-refractivity contribution in [3.8, 4) is 5.75 Å². The number of ether oxygens (including phenoxy) is 1. The normalized spacial score (nSPS) is 10.2. The van der Waals surface area contributed by atoms with Gasteiger partial charge in [0, 0.05) is 6.54 Å². The van der Waals surface area contributed by atoms with E-state index in [9.17, 15) is 4.79 Å². The molecule has 0 saturated carbocycles. The number of amides is 1. The van der Waals surface area contributed by atoms with Crippen molar-refractivity contribution in [2.45, 2.75) is 26.8 Å². The average Bonchev–Trinajstić information content (AvgIpc) is 2.48. The summed E-state index contributed by atoms with van der Waals surface area (Å²) < 4.78 is 5.45. The molecule has 21 heavy (non-hydrogen) atoms. The maximum Gasteiger partial charge on any atom is 0.224 e. The van der Waals surface area contributed by atoms with Gasteiger partial charge >= 0.3 is 0 Å². The average molecular weight is 283 g/mol. The molecule has 0 bridgehead atoms. The molecule has 2 aromatic carbocycles. The van der Waals surface area contributed by atoms with Crippen molar-refractivity contribution in [3.05, 3.63) is 65.2 Å². The van der Waals surface area contributed by atoms with Gasteiger partial charge in [-0.05, 0) is 37.1 Å². The van der Waals surface area contributed by atoms with Gasteiger partial charge in [0.1, 0.15) is 5.75 Å². The fourth-order valence-corrected chi connectivity index (χ4v) is 2.07. The molecule has 0 atom stereocenters. The standard InChI is InChI=1S/C18H21NO2/c1-3-21-17-6-4-5-16(11-17)13-19-18(20)12-15-9-7-14(2)8-10-15/h4-11H,3,12-13H2,1-2H3,(H,19,20). The van der Waals surface area contributed by atoms with E-state index in [0.29, 0.717) is 19.6 Å². The van der Waals surface area contributed by atoms with E-state index in [1.807, 2.05) is 62.4 Å². The molecule has 0 fully saturated rings. The molecular weight excluding hydrogens is 262 g/mol. The minimum Gasteiger partial charge on any atom is -0.494 e. The number of hydrogen-bond donors (Lipinski definition) is 1. The minimum atomic E-state index is 0.0284. The van der Waals surface area contributed by atoms with Crippen LogP contribution in [0.3, 0.4) is 0 Å². The van der Waals surface area contributed by atoms with E-state index in [2.05, 4.69) is 5.32 Å². The second kappa shape index (κ2) is 7.48. The number of carbonyl (C=O) groups excluding carboxylic acids is 1. The van der Waals surface area contributed by atoms with Crippen LogP contribution < -0.4 is 10.1 Å². The van der Waals surface area contributed by atoms with Crippen molar-refractivity contribution in [3.63, 3.8) is 0 Å². The molecule has 0 aliphatic carbocycles. The quantitative estimate of drug-likeness (QED) is 0.883. The number of aryl methyl sites for hydroxylation is 1. The summed E-state index contributed by atoms with van der Waals surface area (Å²) in [6.45, 7) is 5.15. The smallest absolute Gasteiger partial charge is 0.224 e. The molecule has 2 rings (SSSR count). The van der Waals surface area contributed by atoms with Crippen LogP contribution >= 0.6 is 0 Å². The van der Waals surface area contributed by atoms with Gasteiger partial charge in [-0.1, -0.05) is 42.0 Å². The third kappa shape index (κ3) is 4.95. The van der Waals surface area contributed by atoms with Crippen LogP contribution in [0.15, 0.2) is 48.5 Å².